The van der Waals surface area contributed by atoms with Gasteiger partial charge in [0.05, 0.1) is 22.4 Å². The van der Waals surface area contributed by atoms with Crippen molar-refractivity contribution in [2.75, 3.05) is 9.80 Å². The largest absolute Gasteiger partial charge is 0.310 e. The Hall–Kier alpha value is -9.12. The molecule has 2 aliphatic rings. The first-order valence-electron chi connectivity index (χ1n) is 31.5. The highest BCUT2D eigenvalue weighted by Gasteiger charge is 2.46. The van der Waals surface area contributed by atoms with Gasteiger partial charge >= 0.3 is 0 Å². The van der Waals surface area contributed by atoms with Crippen LogP contribution in [-0.4, -0.2) is 11.3 Å². The summed E-state index contributed by atoms with van der Waals surface area (Å²) in [6.07, 6.45) is 6.38. The molecule has 422 valence electrons. The Morgan fingerprint density at radius 1 is 0.349 bits per heavy atom. The molecule has 0 unspecified atom stereocenters. The van der Waals surface area contributed by atoms with Crippen molar-refractivity contribution < 1.29 is 0 Å². The van der Waals surface area contributed by atoms with Crippen LogP contribution in [0.5, 0.6) is 0 Å². The standard InChI is InChI=1S/C82H76BN3/c1-9-11-29-55-43-45-70-74(47-55)85(79-66(57-31-17-13-18-32-57)50-61(81(3,4)5)51-67(79)58-33-19-14-20-34-58)76-48-56(30-12-10-2)49-77-78(76)83(70)71-46-44-63(84-72-41-27-25-39-64(72)65-40-26-28-42-73(65)84)54-75(71)86(77)80-68(59-35-21-15-22-36-59)52-62(82(6,7)8)53-69(80)60-37-23-16-24-38-60/h13-28,31-54H,9-12,29-30H2,1-8H3. The molecule has 3 nitrogen and oxygen atoms in total. The maximum absolute atomic E-state index is 2.75. The fourth-order valence-corrected chi connectivity index (χ4v) is 13.9. The smallest absolute Gasteiger partial charge is 0.252 e. The second-order valence-electron chi connectivity index (χ2n) is 26.2. The van der Waals surface area contributed by atoms with Gasteiger partial charge in [-0.05, 0) is 164 Å². The molecule has 0 aliphatic carbocycles. The lowest BCUT2D eigenvalue weighted by atomic mass is 9.33. The van der Waals surface area contributed by atoms with Gasteiger partial charge in [-0.2, -0.15) is 0 Å². The van der Waals surface area contributed by atoms with Crippen LogP contribution < -0.4 is 26.2 Å². The van der Waals surface area contributed by atoms with Crippen LogP contribution in [0, 0.1) is 0 Å². The van der Waals surface area contributed by atoms with Crippen molar-refractivity contribution in [2.45, 2.75) is 105 Å². The minimum Gasteiger partial charge on any atom is -0.310 e. The number of aromatic nitrogens is 1. The zero-order chi connectivity index (χ0) is 58.8. The highest BCUT2D eigenvalue weighted by atomic mass is 15.2. The molecule has 0 fully saturated rings. The number of nitrogens with zero attached hydrogens (tertiary/aromatic N) is 3. The number of unbranched alkanes of at least 4 members (excludes halogenated alkanes) is 2. The topological polar surface area (TPSA) is 11.4 Å². The summed E-state index contributed by atoms with van der Waals surface area (Å²) in [5.74, 6) is 0. The molecule has 0 radical (unpaired) electrons. The Bertz CT molecular complexity index is 4330. The summed E-state index contributed by atoms with van der Waals surface area (Å²) >= 11 is 0. The third kappa shape index (κ3) is 9.55. The van der Waals surface area contributed by atoms with Crippen LogP contribution in [0.25, 0.3) is 72.0 Å². The Kier molecular flexibility index (Phi) is 14.1. The lowest BCUT2D eigenvalue weighted by Gasteiger charge is -2.46. The van der Waals surface area contributed by atoms with Crippen molar-refractivity contribution in [3.05, 3.63) is 265 Å². The number of hydrogen-bond donors (Lipinski definition) is 0. The van der Waals surface area contributed by atoms with E-state index >= 15 is 0 Å². The molecule has 4 heteroatoms. The molecule has 0 saturated heterocycles. The molecule has 0 saturated carbocycles. The molecule has 86 heavy (non-hydrogen) atoms. The van der Waals surface area contributed by atoms with Gasteiger partial charge in [-0.1, -0.05) is 244 Å². The van der Waals surface area contributed by atoms with E-state index in [-0.39, 0.29) is 17.5 Å². The quantitative estimate of drug-likeness (QED) is 0.107. The molecular formula is C82H76BN3. The molecular weight excluding hydrogens is 1040 g/mol. The Morgan fingerprint density at radius 2 is 0.709 bits per heavy atom. The molecule has 3 heterocycles. The number of aryl methyl sites for hydroxylation is 2. The van der Waals surface area contributed by atoms with Crippen LogP contribution in [0.2, 0.25) is 0 Å². The summed E-state index contributed by atoms with van der Waals surface area (Å²) in [7, 11) is 0. The van der Waals surface area contributed by atoms with Gasteiger partial charge in [0.2, 0.25) is 0 Å². The van der Waals surface area contributed by atoms with Gasteiger partial charge in [-0.15, -0.1) is 0 Å². The van der Waals surface area contributed by atoms with E-state index in [1.807, 2.05) is 0 Å². The average Bonchev–Trinajstić information content (AvgIpc) is 0.783. The van der Waals surface area contributed by atoms with Crippen LogP contribution in [0.3, 0.4) is 0 Å². The van der Waals surface area contributed by atoms with E-state index in [1.54, 1.807) is 0 Å². The van der Waals surface area contributed by atoms with Crippen LogP contribution in [-0.2, 0) is 23.7 Å². The number of hydrogen-bond acceptors (Lipinski definition) is 2. The fraction of sp³-hybridized carbons (Fsp3) is 0.195. The van der Waals surface area contributed by atoms with Crippen LogP contribution >= 0.6 is 0 Å². The van der Waals surface area contributed by atoms with E-state index in [1.165, 1.54) is 139 Å². The van der Waals surface area contributed by atoms with E-state index in [0.29, 0.717) is 0 Å². The molecule has 11 aromatic carbocycles. The maximum Gasteiger partial charge on any atom is 0.252 e. The van der Waals surface area contributed by atoms with Crippen LogP contribution in [0.15, 0.2) is 243 Å². The monoisotopic (exact) mass is 1110 g/mol. The van der Waals surface area contributed by atoms with Gasteiger partial charge in [-0.25, -0.2) is 0 Å². The summed E-state index contributed by atoms with van der Waals surface area (Å²) in [6.45, 7) is 18.7. The van der Waals surface area contributed by atoms with E-state index in [2.05, 4.69) is 312 Å². The summed E-state index contributed by atoms with van der Waals surface area (Å²) in [4.78, 5) is 5.49. The van der Waals surface area contributed by atoms with Gasteiger partial charge in [-0.3, -0.25) is 0 Å². The molecule has 14 rings (SSSR count). The number of para-hydroxylation sites is 2. The Morgan fingerprint density at radius 3 is 1.12 bits per heavy atom. The minimum absolute atomic E-state index is 0.103. The molecule has 12 aromatic rings. The lowest BCUT2D eigenvalue weighted by Crippen LogP contribution is -2.61. The second-order valence-corrected chi connectivity index (χ2v) is 26.2. The average molecular weight is 1110 g/mol. The minimum atomic E-state index is -0.144. The van der Waals surface area contributed by atoms with Crippen LogP contribution in [0.4, 0.5) is 34.1 Å². The second kappa shape index (κ2) is 22.1. The maximum atomic E-state index is 2.75. The third-order valence-corrected chi connectivity index (χ3v) is 18.4. The highest BCUT2D eigenvalue weighted by Crippen LogP contribution is 2.55. The first kappa shape index (κ1) is 54.8. The normalized spacial score (nSPS) is 12.9. The van der Waals surface area contributed by atoms with Crippen molar-refractivity contribution >= 4 is 79.0 Å². The molecule has 0 atom stereocenters. The molecule has 0 amide bonds. The summed E-state index contributed by atoms with van der Waals surface area (Å²) in [5.41, 5.74) is 29.5. The summed E-state index contributed by atoms with van der Waals surface area (Å²) in [5, 5.41) is 2.51. The fourth-order valence-electron chi connectivity index (χ4n) is 13.9. The predicted molar refractivity (Wildman–Crippen MR) is 371 cm³/mol. The number of fused-ring (bicyclic) bond motifs is 7. The van der Waals surface area contributed by atoms with Gasteiger partial charge in [0.25, 0.3) is 6.71 Å². The van der Waals surface area contributed by atoms with Gasteiger partial charge < -0.3 is 14.4 Å². The molecule has 0 spiro atoms. The zero-order valence-electron chi connectivity index (χ0n) is 51.3. The molecule has 0 N–H and O–H groups in total. The van der Waals surface area contributed by atoms with E-state index in [4.69, 9.17) is 0 Å². The van der Waals surface area contributed by atoms with Crippen LogP contribution in [0.1, 0.15) is 103 Å². The van der Waals surface area contributed by atoms with Crippen molar-refractivity contribution in [2.24, 2.45) is 0 Å². The van der Waals surface area contributed by atoms with Crippen molar-refractivity contribution in [3.63, 3.8) is 0 Å². The van der Waals surface area contributed by atoms with Crippen molar-refractivity contribution in [1.29, 1.82) is 0 Å². The summed E-state index contributed by atoms with van der Waals surface area (Å²) < 4.78 is 2.51. The van der Waals surface area contributed by atoms with E-state index in [0.717, 1.165) is 44.2 Å². The van der Waals surface area contributed by atoms with Crippen molar-refractivity contribution in [1.82, 2.24) is 4.57 Å². The predicted octanol–water partition coefficient (Wildman–Crippen LogP) is 20.8. The molecule has 2 aliphatic heterocycles. The third-order valence-electron chi connectivity index (χ3n) is 18.4. The Labute approximate surface area is 510 Å². The number of rotatable bonds is 13. The molecule has 1 aromatic heterocycles. The first-order valence-corrected chi connectivity index (χ1v) is 31.5. The number of anilines is 6. The van der Waals surface area contributed by atoms with E-state index in [9.17, 15) is 0 Å². The number of benzene rings is 11. The van der Waals surface area contributed by atoms with Gasteiger partial charge in [0, 0.05) is 61.5 Å². The SMILES string of the molecule is CCCCc1ccc2c(c1)N(c1c(-c3ccccc3)cc(C(C)(C)C)cc1-c1ccccc1)c1cc(CCCC)cc3c1B2c1ccc(-n2c4ccccc4c4ccccc42)cc1N3c1c(-c2ccccc2)cc(C(C)(C)C)cc1-c1ccccc1. The highest BCUT2D eigenvalue weighted by molar-refractivity contribution is 7.00. The van der Waals surface area contributed by atoms with E-state index < -0.39 is 0 Å². The van der Waals surface area contributed by atoms with Gasteiger partial charge in [0.15, 0.2) is 0 Å². The van der Waals surface area contributed by atoms with Gasteiger partial charge in [0.1, 0.15) is 0 Å². The van der Waals surface area contributed by atoms with Crippen molar-refractivity contribution in [3.8, 4) is 50.2 Å². The summed E-state index contributed by atoms with van der Waals surface area (Å²) in [6, 6.07) is 93.1. The molecule has 0 bridgehead atoms. The Balaban J connectivity index is 1.17. The lowest BCUT2D eigenvalue weighted by molar-refractivity contribution is 0.590. The first-order chi connectivity index (χ1) is 41.9. The zero-order valence-corrected chi connectivity index (χ0v) is 51.3.